The SMILES string of the molecule is COCCN(CCOC)Cc1ccc(C(=O)O)cn1.Cl.O. The summed E-state index contributed by atoms with van der Waals surface area (Å²) >= 11 is 0. The molecule has 1 aromatic rings. The first kappa shape index (κ1) is 22.0. The quantitative estimate of drug-likeness (QED) is 0.709. The number of halogens is 1. The van der Waals surface area contributed by atoms with Gasteiger partial charge in [-0.15, -0.1) is 12.4 Å². The molecule has 0 atom stereocenters. The van der Waals surface area contributed by atoms with Gasteiger partial charge in [-0.25, -0.2) is 4.79 Å². The summed E-state index contributed by atoms with van der Waals surface area (Å²) in [5, 5.41) is 8.81. The number of ether oxygens (including phenoxy) is 2. The Morgan fingerprint density at radius 1 is 1.24 bits per heavy atom. The van der Waals surface area contributed by atoms with E-state index in [1.165, 1.54) is 6.20 Å². The number of aromatic carboxylic acids is 1. The summed E-state index contributed by atoms with van der Waals surface area (Å²) < 4.78 is 10.1. The molecule has 3 N–H and O–H groups in total. The minimum absolute atomic E-state index is 0. The van der Waals surface area contributed by atoms with E-state index in [2.05, 4.69) is 9.88 Å². The second-order valence-electron chi connectivity index (χ2n) is 4.11. The zero-order chi connectivity index (χ0) is 14.1. The maximum atomic E-state index is 10.7. The number of carboxylic acids is 1. The van der Waals surface area contributed by atoms with E-state index in [9.17, 15) is 4.79 Å². The Hall–Kier alpha value is -1.25. The van der Waals surface area contributed by atoms with Gasteiger partial charge in [0.25, 0.3) is 0 Å². The van der Waals surface area contributed by atoms with E-state index in [1.807, 2.05) is 0 Å². The van der Waals surface area contributed by atoms with Gasteiger partial charge in [-0.2, -0.15) is 0 Å². The smallest absolute Gasteiger partial charge is 0.337 e. The van der Waals surface area contributed by atoms with Gasteiger partial charge in [-0.05, 0) is 12.1 Å². The summed E-state index contributed by atoms with van der Waals surface area (Å²) in [6.07, 6.45) is 1.38. The third kappa shape index (κ3) is 8.59. The second kappa shape index (κ2) is 12.5. The fraction of sp³-hybridized carbons (Fsp3) is 0.538. The lowest BCUT2D eigenvalue weighted by molar-refractivity contribution is 0.0696. The molecule has 0 bridgehead atoms. The first-order valence-electron chi connectivity index (χ1n) is 6.05. The van der Waals surface area contributed by atoms with Gasteiger partial charge < -0.3 is 20.1 Å². The van der Waals surface area contributed by atoms with Crippen molar-refractivity contribution in [2.45, 2.75) is 6.54 Å². The van der Waals surface area contributed by atoms with Gasteiger partial charge in [0, 0.05) is 40.1 Å². The molecule has 8 heteroatoms. The minimum atomic E-state index is -0.963. The van der Waals surface area contributed by atoms with Crippen LogP contribution in [0.3, 0.4) is 0 Å². The highest BCUT2D eigenvalue weighted by Gasteiger charge is 2.08. The number of rotatable bonds is 9. The molecule has 0 aliphatic carbocycles. The molecule has 1 rings (SSSR count). The second-order valence-corrected chi connectivity index (χ2v) is 4.11. The molecule has 7 nitrogen and oxygen atoms in total. The van der Waals surface area contributed by atoms with Crippen LogP contribution in [0.15, 0.2) is 18.3 Å². The van der Waals surface area contributed by atoms with Crippen molar-refractivity contribution in [3.05, 3.63) is 29.6 Å². The topological polar surface area (TPSA) is 103 Å². The molecule has 21 heavy (non-hydrogen) atoms. The van der Waals surface area contributed by atoms with Gasteiger partial charge in [0.05, 0.1) is 24.5 Å². The average molecular weight is 323 g/mol. The van der Waals surface area contributed by atoms with Crippen LogP contribution in [0.1, 0.15) is 16.1 Å². The highest BCUT2D eigenvalue weighted by atomic mass is 35.5. The third-order valence-corrected chi connectivity index (χ3v) is 2.68. The van der Waals surface area contributed by atoms with Crippen LogP contribution < -0.4 is 0 Å². The van der Waals surface area contributed by atoms with Gasteiger partial charge >= 0.3 is 5.97 Å². The Balaban J connectivity index is 0. The van der Waals surface area contributed by atoms with Gasteiger partial charge in [0.1, 0.15) is 0 Å². The van der Waals surface area contributed by atoms with Crippen molar-refractivity contribution in [3.63, 3.8) is 0 Å². The molecule has 0 fully saturated rings. The maximum absolute atomic E-state index is 10.7. The third-order valence-electron chi connectivity index (χ3n) is 2.68. The molecule has 0 amide bonds. The highest BCUT2D eigenvalue weighted by Crippen LogP contribution is 2.04. The summed E-state index contributed by atoms with van der Waals surface area (Å²) in [6.45, 7) is 3.48. The van der Waals surface area contributed by atoms with Crippen molar-refractivity contribution in [2.75, 3.05) is 40.5 Å². The van der Waals surface area contributed by atoms with Crippen LogP contribution in [0.5, 0.6) is 0 Å². The molecule has 0 unspecified atom stereocenters. The van der Waals surface area contributed by atoms with E-state index in [-0.39, 0.29) is 23.4 Å². The van der Waals surface area contributed by atoms with E-state index in [1.54, 1.807) is 26.4 Å². The summed E-state index contributed by atoms with van der Waals surface area (Å²) in [4.78, 5) is 17.0. The molecule has 0 saturated carbocycles. The molecule has 122 valence electrons. The van der Waals surface area contributed by atoms with Crippen molar-refractivity contribution in [2.24, 2.45) is 0 Å². The first-order valence-corrected chi connectivity index (χ1v) is 6.05. The molecule has 0 spiro atoms. The molecular formula is C13H23ClN2O5. The summed E-state index contributed by atoms with van der Waals surface area (Å²) in [5.74, 6) is -0.963. The van der Waals surface area contributed by atoms with Crippen molar-refractivity contribution in [1.82, 2.24) is 9.88 Å². The van der Waals surface area contributed by atoms with Crippen molar-refractivity contribution >= 4 is 18.4 Å². The summed E-state index contributed by atoms with van der Waals surface area (Å²) in [6, 6.07) is 3.30. The van der Waals surface area contributed by atoms with Crippen LogP contribution >= 0.6 is 12.4 Å². The normalized spacial score (nSPS) is 9.86. The lowest BCUT2D eigenvalue weighted by Gasteiger charge is -2.21. The van der Waals surface area contributed by atoms with Crippen LogP contribution in [-0.2, 0) is 16.0 Å². The number of carboxylic acid groups (broad SMARTS) is 1. The molecular weight excluding hydrogens is 300 g/mol. The van der Waals surface area contributed by atoms with Gasteiger partial charge in [0.2, 0.25) is 0 Å². The fourth-order valence-corrected chi connectivity index (χ4v) is 1.58. The summed E-state index contributed by atoms with van der Waals surface area (Å²) in [7, 11) is 3.32. The molecule has 0 radical (unpaired) electrons. The Morgan fingerprint density at radius 3 is 2.19 bits per heavy atom. The molecule has 0 saturated heterocycles. The van der Waals surface area contributed by atoms with E-state index in [0.29, 0.717) is 19.8 Å². The molecule has 0 aromatic carbocycles. The lowest BCUT2D eigenvalue weighted by Crippen LogP contribution is -2.30. The molecule has 1 heterocycles. The Kier molecular flexibility index (Phi) is 13.1. The van der Waals surface area contributed by atoms with Crippen LogP contribution in [-0.4, -0.2) is 67.0 Å². The van der Waals surface area contributed by atoms with Gasteiger partial charge in [-0.3, -0.25) is 9.88 Å². The number of methoxy groups -OCH3 is 2. The zero-order valence-corrected chi connectivity index (χ0v) is 13.1. The Morgan fingerprint density at radius 2 is 1.81 bits per heavy atom. The Labute approximate surface area is 130 Å². The number of hydrogen-bond acceptors (Lipinski definition) is 5. The first-order chi connectivity index (χ1) is 9.17. The standard InChI is InChI=1S/C13H20N2O4.ClH.H2O/c1-18-7-5-15(6-8-19-2)10-12-4-3-11(9-14-12)13(16)17;;/h3-4,9H,5-8,10H2,1-2H3,(H,16,17);1H;1H2. The van der Waals surface area contributed by atoms with E-state index < -0.39 is 5.97 Å². The zero-order valence-electron chi connectivity index (χ0n) is 12.2. The van der Waals surface area contributed by atoms with Crippen LogP contribution in [0.2, 0.25) is 0 Å². The largest absolute Gasteiger partial charge is 0.478 e. The fourth-order valence-electron chi connectivity index (χ4n) is 1.58. The highest BCUT2D eigenvalue weighted by molar-refractivity contribution is 5.87. The molecule has 0 aliphatic heterocycles. The number of aromatic nitrogens is 1. The van der Waals surface area contributed by atoms with Crippen molar-refractivity contribution in [3.8, 4) is 0 Å². The molecule has 1 aromatic heterocycles. The predicted octanol–water partition coefficient (Wildman–Crippen LogP) is 0.472. The van der Waals surface area contributed by atoms with Crippen LogP contribution in [0.4, 0.5) is 0 Å². The monoisotopic (exact) mass is 322 g/mol. The predicted molar refractivity (Wildman–Crippen MR) is 81.1 cm³/mol. The average Bonchev–Trinajstić information content (AvgIpc) is 2.42. The van der Waals surface area contributed by atoms with Crippen molar-refractivity contribution < 1.29 is 24.9 Å². The molecule has 0 aliphatic rings. The Bertz CT molecular complexity index is 381. The van der Waals surface area contributed by atoms with Crippen molar-refractivity contribution in [1.29, 1.82) is 0 Å². The van der Waals surface area contributed by atoms with Crippen LogP contribution in [0, 0.1) is 0 Å². The maximum Gasteiger partial charge on any atom is 0.337 e. The van der Waals surface area contributed by atoms with Gasteiger partial charge in [-0.1, -0.05) is 0 Å². The summed E-state index contributed by atoms with van der Waals surface area (Å²) in [5.41, 5.74) is 1.03. The number of pyridine rings is 1. The number of hydrogen-bond donors (Lipinski definition) is 1. The van der Waals surface area contributed by atoms with E-state index in [4.69, 9.17) is 14.6 Å². The van der Waals surface area contributed by atoms with E-state index >= 15 is 0 Å². The van der Waals surface area contributed by atoms with Crippen LogP contribution in [0.25, 0.3) is 0 Å². The minimum Gasteiger partial charge on any atom is -0.478 e. The number of nitrogens with zero attached hydrogens (tertiary/aromatic N) is 2. The van der Waals surface area contributed by atoms with Gasteiger partial charge in [0.15, 0.2) is 0 Å². The van der Waals surface area contributed by atoms with E-state index in [0.717, 1.165) is 18.8 Å². The number of carbonyl (C=O) groups is 1. The lowest BCUT2D eigenvalue weighted by atomic mass is 10.2.